The van der Waals surface area contributed by atoms with Crippen LogP contribution in [0.15, 0.2) is 18.2 Å². The van der Waals surface area contributed by atoms with Crippen LogP contribution in [0.4, 0.5) is 4.79 Å². The Balaban J connectivity index is 2.55. The van der Waals surface area contributed by atoms with Crippen LogP contribution >= 0.6 is 11.6 Å². The topological polar surface area (TPSA) is 72.5 Å². The van der Waals surface area contributed by atoms with Gasteiger partial charge in [-0.1, -0.05) is 6.07 Å². The summed E-state index contributed by atoms with van der Waals surface area (Å²) < 4.78 is 4.59. The molecule has 0 unspecified atom stereocenters. The Labute approximate surface area is 89.0 Å². The summed E-state index contributed by atoms with van der Waals surface area (Å²) in [6, 6.07) is 4.34. The fourth-order valence-corrected chi connectivity index (χ4v) is 1.44. The highest BCUT2D eigenvalue weighted by Crippen LogP contribution is 2.26. The van der Waals surface area contributed by atoms with Gasteiger partial charge in [-0.25, -0.2) is 4.79 Å². The first kappa shape index (κ1) is 9.67. The van der Waals surface area contributed by atoms with E-state index in [9.17, 15) is 14.4 Å². The summed E-state index contributed by atoms with van der Waals surface area (Å²) >= 11 is 5.02. The fraction of sp³-hybridized carbons (Fsp3) is 0. The second kappa shape index (κ2) is 3.36. The maximum atomic E-state index is 11.3. The molecule has 0 aromatic heterocycles. The Hall–Kier alpha value is -1.88. The van der Waals surface area contributed by atoms with Crippen LogP contribution in [0, 0.1) is 0 Å². The molecule has 0 bridgehead atoms. The molecule has 0 fully saturated rings. The van der Waals surface area contributed by atoms with Crippen LogP contribution in [0.3, 0.4) is 0 Å². The predicted octanol–water partition coefficient (Wildman–Crippen LogP) is 1.31. The van der Waals surface area contributed by atoms with E-state index < -0.39 is 17.2 Å². The largest absolute Gasteiger partial charge is 0.414 e. The highest BCUT2D eigenvalue weighted by molar-refractivity contribution is 6.61. The molecular formula is C9H4ClNO4. The average molecular weight is 226 g/mol. The maximum Gasteiger partial charge on any atom is 0.409 e. The van der Waals surface area contributed by atoms with Crippen molar-refractivity contribution in [3.63, 3.8) is 0 Å². The fourth-order valence-electron chi connectivity index (χ4n) is 1.36. The number of rotatable bonds is 1. The third-order valence-corrected chi connectivity index (χ3v) is 1.99. The Morgan fingerprint density at radius 3 is 2.67 bits per heavy atom. The number of hydrogen-bond donors (Lipinski definition) is 1. The van der Waals surface area contributed by atoms with Gasteiger partial charge in [0.2, 0.25) is 0 Å². The zero-order valence-corrected chi connectivity index (χ0v) is 8.00. The number of halogens is 1. The molecule has 0 atom stereocenters. The summed E-state index contributed by atoms with van der Waals surface area (Å²) in [5, 5.41) is 2.08. The molecule has 1 aromatic rings. The van der Waals surface area contributed by atoms with Crippen LogP contribution in [0.25, 0.3) is 0 Å². The molecular weight excluding hydrogens is 222 g/mol. The zero-order chi connectivity index (χ0) is 11.0. The van der Waals surface area contributed by atoms with E-state index in [0.29, 0.717) is 0 Å². The van der Waals surface area contributed by atoms with Gasteiger partial charge in [-0.2, -0.15) is 0 Å². The minimum Gasteiger partial charge on any atom is -0.414 e. The first-order valence-electron chi connectivity index (χ1n) is 3.95. The molecule has 6 heteroatoms. The number of benzene rings is 1. The number of fused-ring (bicyclic) bond motifs is 1. The molecule has 0 saturated carbocycles. The van der Waals surface area contributed by atoms with Crippen molar-refractivity contribution < 1.29 is 19.1 Å². The van der Waals surface area contributed by atoms with E-state index in [1.54, 1.807) is 0 Å². The van der Waals surface area contributed by atoms with Crippen LogP contribution in [-0.4, -0.2) is 17.2 Å². The van der Waals surface area contributed by atoms with Crippen molar-refractivity contribution in [2.75, 3.05) is 0 Å². The number of ether oxygens (including phenoxy) is 1. The average Bonchev–Trinajstić information content (AvgIpc) is 2.43. The van der Waals surface area contributed by atoms with Crippen molar-refractivity contribution in [2.24, 2.45) is 0 Å². The molecule has 1 aliphatic heterocycles. The van der Waals surface area contributed by atoms with Gasteiger partial charge in [0.1, 0.15) is 5.75 Å². The lowest BCUT2D eigenvalue weighted by Gasteiger charge is -2.02. The Kier molecular flexibility index (Phi) is 2.17. The number of hydrogen-bond acceptors (Lipinski definition) is 4. The molecule has 0 spiro atoms. The van der Waals surface area contributed by atoms with Crippen LogP contribution in [-0.2, 0) is 0 Å². The third kappa shape index (κ3) is 1.57. The Morgan fingerprint density at radius 2 is 2.00 bits per heavy atom. The van der Waals surface area contributed by atoms with Crippen molar-refractivity contribution in [2.45, 2.75) is 0 Å². The summed E-state index contributed by atoms with van der Waals surface area (Å²) in [5.74, 6) is -1.12. The third-order valence-electron chi connectivity index (χ3n) is 1.92. The lowest BCUT2D eigenvalue weighted by Crippen LogP contribution is -2.20. The number of carbonyl (C=O) groups is 3. The molecule has 1 N–H and O–H groups in total. The predicted molar refractivity (Wildman–Crippen MR) is 50.1 cm³/mol. The van der Waals surface area contributed by atoms with Crippen molar-refractivity contribution in [3.05, 3.63) is 29.3 Å². The highest BCUT2D eigenvalue weighted by atomic mass is 35.5. The minimum atomic E-state index is -1.06. The minimum absolute atomic E-state index is 0.0177. The number of amides is 2. The van der Waals surface area contributed by atoms with E-state index in [2.05, 4.69) is 10.1 Å². The molecule has 1 heterocycles. The van der Waals surface area contributed by atoms with Gasteiger partial charge in [0, 0.05) is 11.6 Å². The lowest BCUT2D eigenvalue weighted by molar-refractivity contribution is 0.0879. The van der Waals surface area contributed by atoms with Crippen LogP contribution in [0.5, 0.6) is 5.75 Å². The lowest BCUT2D eigenvalue weighted by atomic mass is 10.1. The van der Waals surface area contributed by atoms with Gasteiger partial charge >= 0.3 is 5.43 Å². The maximum absolute atomic E-state index is 11.3. The molecule has 1 aromatic carbocycles. The highest BCUT2D eigenvalue weighted by Gasteiger charge is 2.30. The van der Waals surface area contributed by atoms with Gasteiger partial charge in [-0.3, -0.25) is 14.9 Å². The van der Waals surface area contributed by atoms with E-state index in [1.807, 2.05) is 0 Å². The molecule has 1 aliphatic rings. The van der Waals surface area contributed by atoms with Crippen molar-refractivity contribution in [3.8, 4) is 5.75 Å². The SMILES string of the molecule is O=C(Cl)Oc1cccc2c1C(=O)NC2=O. The summed E-state index contributed by atoms with van der Waals surface area (Å²) in [6.45, 7) is 0. The van der Waals surface area contributed by atoms with E-state index in [4.69, 9.17) is 11.6 Å². The van der Waals surface area contributed by atoms with Gasteiger partial charge in [0.15, 0.2) is 0 Å². The van der Waals surface area contributed by atoms with Crippen molar-refractivity contribution in [1.29, 1.82) is 0 Å². The van der Waals surface area contributed by atoms with Crippen molar-refractivity contribution in [1.82, 2.24) is 5.32 Å². The molecule has 0 radical (unpaired) electrons. The molecule has 0 saturated heterocycles. The monoisotopic (exact) mass is 225 g/mol. The first-order chi connectivity index (χ1) is 7.09. The van der Waals surface area contributed by atoms with Crippen LogP contribution in [0.2, 0.25) is 0 Å². The Bertz CT molecular complexity index is 483. The first-order valence-corrected chi connectivity index (χ1v) is 4.33. The van der Waals surface area contributed by atoms with E-state index in [0.717, 1.165) is 0 Å². The molecule has 2 amide bonds. The van der Waals surface area contributed by atoms with Gasteiger partial charge in [-0.15, -0.1) is 0 Å². The van der Waals surface area contributed by atoms with Gasteiger partial charge in [-0.05, 0) is 12.1 Å². The van der Waals surface area contributed by atoms with E-state index in [-0.39, 0.29) is 16.9 Å². The normalized spacial score (nSPS) is 13.4. The summed E-state index contributed by atoms with van der Waals surface area (Å²) in [7, 11) is 0. The van der Waals surface area contributed by atoms with Gasteiger partial charge in [0.05, 0.1) is 11.1 Å². The smallest absolute Gasteiger partial charge is 0.409 e. The van der Waals surface area contributed by atoms with Crippen LogP contribution in [0.1, 0.15) is 20.7 Å². The van der Waals surface area contributed by atoms with E-state index >= 15 is 0 Å². The summed E-state index contributed by atoms with van der Waals surface area (Å²) in [6.07, 6.45) is 0. The number of nitrogens with one attached hydrogen (secondary N) is 1. The summed E-state index contributed by atoms with van der Waals surface area (Å²) in [4.78, 5) is 33.0. The van der Waals surface area contributed by atoms with E-state index in [1.165, 1.54) is 18.2 Å². The Morgan fingerprint density at radius 1 is 1.27 bits per heavy atom. The van der Waals surface area contributed by atoms with Gasteiger partial charge in [0.25, 0.3) is 11.8 Å². The molecule has 0 aliphatic carbocycles. The zero-order valence-electron chi connectivity index (χ0n) is 7.24. The second-order valence-corrected chi connectivity index (χ2v) is 3.11. The van der Waals surface area contributed by atoms with Crippen molar-refractivity contribution >= 4 is 28.8 Å². The number of carbonyl (C=O) groups excluding carboxylic acids is 3. The molecule has 5 nitrogen and oxygen atoms in total. The summed E-state index contributed by atoms with van der Waals surface area (Å²) in [5.41, 5.74) is -0.845. The number of imide groups is 1. The molecule has 76 valence electrons. The molecule has 2 rings (SSSR count). The second-order valence-electron chi connectivity index (χ2n) is 2.80. The quantitative estimate of drug-likeness (QED) is 0.578. The van der Waals surface area contributed by atoms with Gasteiger partial charge < -0.3 is 4.74 Å². The standard InChI is InChI=1S/C9H4ClNO4/c10-9(14)15-5-3-1-2-4-6(5)8(13)11-7(4)12/h1-3H,(H,11,12,13). The van der Waals surface area contributed by atoms with Crippen LogP contribution < -0.4 is 10.1 Å². The molecule has 15 heavy (non-hydrogen) atoms.